The maximum absolute atomic E-state index is 9.14. The van der Waals surface area contributed by atoms with E-state index in [1.165, 1.54) is 0 Å². The van der Waals surface area contributed by atoms with Gasteiger partial charge in [0.15, 0.2) is 0 Å². The largest absolute Gasteiger partial charge is 0.391 e. The zero-order valence-electron chi connectivity index (χ0n) is 7.58. The third-order valence-corrected chi connectivity index (χ3v) is 3.02. The highest BCUT2D eigenvalue weighted by Gasteiger charge is 2.16. The summed E-state index contributed by atoms with van der Waals surface area (Å²) in [5.74, 6) is 0. The van der Waals surface area contributed by atoms with Crippen LogP contribution < -0.4 is 0 Å². The maximum Gasteiger partial charge on any atom is 0.232 e. The summed E-state index contributed by atoms with van der Waals surface area (Å²) in [6.45, 7) is -0.195. The van der Waals surface area contributed by atoms with Crippen molar-refractivity contribution in [3.8, 4) is 11.3 Å². The summed E-state index contributed by atoms with van der Waals surface area (Å²) in [5.41, 5.74) is 1.91. The lowest BCUT2D eigenvalue weighted by Crippen LogP contribution is -1.87. The standard InChI is InChI=1S/C10H7BrClNO2/c11-8-4-2-1-3-6(8)9-7(5-14)10(12)15-13-9/h1-4,14H,5H2. The molecule has 78 valence electrons. The van der Waals surface area contributed by atoms with Gasteiger partial charge in [-0.2, -0.15) is 0 Å². The second kappa shape index (κ2) is 4.35. The predicted molar refractivity (Wildman–Crippen MR) is 60.6 cm³/mol. The summed E-state index contributed by atoms with van der Waals surface area (Å²) < 4.78 is 5.71. The Balaban J connectivity index is 2.59. The third-order valence-electron chi connectivity index (χ3n) is 2.03. The Morgan fingerprint density at radius 2 is 2.13 bits per heavy atom. The number of aliphatic hydroxyl groups excluding tert-OH is 1. The van der Waals surface area contributed by atoms with Crippen LogP contribution in [0.25, 0.3) is 11.3 Å². The van der Waals surface area contributed by atoms with E-state index in [0.29, 0.717) is 11.3 Å². The van der Waals surface area contributed by atoms with Crippen LogP contribution in [0.4, 0.5) is 0 Å². The number of aliphatic hydroxyl groups is 1. The average molecular weight is 289 g/mol. The van der Waals surface area contributed by atoms with Crippen LogP contribution in [0.15, 0.2) is 33.3 Å². The highest BCUT2D eigenvalue weighted by atomic mass is 79.9. The van der Waals surface area contributed by atoms with Crippen molar-refractivity contribution in [2.24, 2.45) is 0 Å². The van der Waals surface area contributed by atoms with Crippen molar-refractivity contribution in [1.29, 1.82) is 0 Å². The Morgan fingerprint density at radius 3 is 2.80 bits per heavy atom. The first kappa shape index (κ1) is 10.7. The zero-order chi connectivity index (χ0) is 10.8. The molecule has 0 fully saturated rings. The molecule has 15 heavy (non-hydrogen) atoms. The molecule has 0 aliphatic rings. The molecule has 3 nitrogen and oxygen atoms in total. The third kappa shape index (κ3) is 1.93. The van der Waals surface area contributed by atoms with Crippen molar-refractivity contribution in [1.82, 2.24) is 5.16 Å². The number of aromatic nitrogens is 1. The van der Waals surface area contributed by atoms with Crippen molar-refractivity contribution in [3.05, 3.63) is 39.5 Å². The molecule has 0 aliphatic carbocycles. The number of rotatable bonds is 2. The van der Waals surface area contributed by atoms with Gasteiger partial charge in [-0.1, -0.05) is 39.3 Å². The fourth-order valence-corrected chi connectivity index (χ4v) is 1.95. The molecule has 0 saturated carbocycles. The van der Waals surface area contributed by atoms with Crippen LogP contribution in [-0.4, -0.2) is 10.3 Å². The number of nitrogens with zero attached hydrogens (tertiary/aromatic N) is 1. The van der Waals surface area contributed by atoms with E-state index in [1.807, 2.05) is 24.3 Å². The normalized spacial score (nSPS) is 10.6. The Hall–Kier alpha value is -0.840. The molecule has 2 aromatic rings. The molecule has 0 saturated heterocycles. The minimum absolute atomic E-state index is 0.128. The smallest absolute Gasteiger partial charge is 0.232 e. The molecular weight excluding hydrogens is 281 g/mol. The Kier molecular flexibility index (Phi) is 3.09. The molecule has 0 atom stereocenters. The first-order valence-corrected chi connectivity index (χ1v) is 5.41. The van der Waals surface area contributed by atoms with Crippen LogP contribution in [-0.2, 0) is 6.61 Å². The number of hydrogen-bond donors (Lipinski definition) is 1. The average Bonchev–Trinajstić information content (AvgIpc) is 2.60. The second-order valence-corrected chi connectivity index (χ2v) is 4.12. The fraction of sp³-hybridized carbons (Fsp3) is 0.100. The number of benzene rings is 1. The molecule has 1 aromatic heterocycles. The molecule has 0 unspecified atom stereocenters. The highest BCUT2D eigenvalue weighted by molar-refractivity contribution is 9.10. The van der Waals surface area contributed by atoms with Crippen molar-refractivity contribution in [2.45, 2.75) is 6.61 Å². The van der Waals surface area contributed by atoms with Crippen molar-refractivity contribution in [3.63, 3.8) is 0 Å². The van der Waals surface area contributed by atoms with Crippen LogP contribution in [0.3, 0.4) is 0 Å². The van der Waals surface area contributed by atoms with Crippen LogP contribution in [0.5, 0.6) is 0 Å². The van der Waals surface area contributed by atoms with Gasteiger partial charge in [-0.05, 0) is 17.7 Å². The van der Waals surface area contributed by atoms with Crippen molar-refractivity contribution >= 4 is 27.5 Å². The van der Waals surface area contributed by atoms with Gasteiger partial charge < -0.3 is 9.63 Å². The minimum atomic E-state index is -0.195. The molecule has 1 aromatic carbocycles. The van der Waals surface area contributed by atoms with E-state index >= 15 is 0 Å². The van der Waals surface area contributed by atoms with E-state index in [-0.39, 0.29) is 11.8 Å². The summed E-state index contributed by atoms with van der Waals surface area (Å²) in [7, 11) is 0. The summed E-state index contributed by atoms with van der Waals surface area (Å²) in [5, 5.41) is 13.1. The van der Waals surface area contributed by atoms with E-state index < -0.39 is 0 Å². The predicted octanol–water partition coefficient (Wildman–Crippen LogP) is 3.25. The lowest BCUT2D eigenvalue weighted by atomic mass is 10.1. The van der Waals surface area contributed by atoms with Gasteiger partial charge in [0.05, 0.1) is 12.2 Å². The molecule has 1 heterocycles. The van der Waals surface area contributed by atoms with Gasteiger partial charge in [-0.3, -0.25) is 0 Å². The zero-order valence-corrected chi connectivity index (χ0v) is 9.92. The van der Waals surface area contributed by atoms with Gasteiger partial charge in [0.2, 0.25) is 5.22 Å². The van der Waals surface area contributed by atoms with Gasteiger partial charge >= 0.3 is 0 Å². The van der Waals surface area contributed by atoms with Gasteiger partial charge in [0.1, 0.15) is 5.69 Å². The van der Waals surface area contributed by atoms with Gasteiger partial charge in [0.25, 0.3) is 0 Å². The van der Waals surface area contributed by atoms with E-state index in [4.69, 9.17) is 21.2 Å². The maximum atomic E-state index is 9.14. The van der Waals surface area contributed by atoms with E-state index in [1.54, 1.807) is 0 Å². The molecular formula is C10H7BrClNO2. The number of hydrogen-bond acceptors (Lipinski definition) is 3. The fourth-order valence-electron chi connectivity index (χ4n) is 1.29. The van der Waals surface area contributed by atoms with Gasteiger partial charge in [-0.25, -0.2) is 0 Å². The van der Waals surface area contributed by atoms with Crippen LogP contribution >= 0.6 is 27.5 Å². The SMILES string of the molecule is OCc1c(-c2ccccc2Br)noc1Cl. The molecule has 0 aliphatic heterocycles. The first-order chi connectivity index (χ1) is 7.24. The molecule has 2 rings (SSSR count). The molecule has 0 bridgehead atoms. The van der Waals surface area contributed by atoms with E-state index in [0.717, 1.165) is 10.0 Å². The van der Waals surface area contributed by atoms with E-state index in [2.05, 4.69) is 21.1 Å². The van der Waals surface area contributed by atoms with Gasteiger partial charge in [-0.15, -0.1) is 0 Å². The molecule has 0 radical (unpaired) electrons. The minimum Gasteiger partial charge on any atom is -0.391 e. The topological polar surface area (TPSA) is 46.3 Å². The van der Waals surface area contributed by atoms with E-state index in [9.17, 15) is 0 Å². The van der Waals surface area contributed by atoms with Crippen LogP contribution in [0, 0.1) is 0 Å². The van der Waals surface area contributed by atoms with Crippen LogP contribution in [0.2, 0.25) is 5.22 Å². The first-order valence-electron chi connectivity index (χ1n) is 4.24. The quantitative estimate of drug-likeness (QED) is 0.922. The number of halogens is 2. The van der Waals surface area contributed by atoms with Gasteiger partial charge in [0, 0.05) is 10.0 Å². The second-order valence-electron chi connectivity index (χ2n) is 2.92. The monoisotopic (exact) mass is 287 g/mol. The molecule has 0 amide bonds. The Morgan fingerprint density at radius 1 is 1.40 bits per heavy atom. The Bertz CT molecular complexity index is 484. The van der Waals surface area contributed by atoms with Crippen molar-refractivity contribution in [2.75, 3.05) is 0 Å². The lowest BCUT2D eigenvalue weighted by Gasteiger charge is -2.01. The Labute approximate surface area is 99.8 Å². The summed E-state index contributed by atoms with van der Waals surface area (Å²) in [6, 6.07) is 7.54. The van der Waals surface area contributed by atoms with Crippen LogP contribution in [0.1, 0.15) is 5.56 Å². The lowest BCUT2D eigenvalue weighted by molar-refractivity contribution is 0.281. The molecule has 0 spiro atoms. The molecule has 1 N–H and O–H groups in total. The summed E-state index contributed by atoms with van der Waals surface area (Å²) in [4.78, 5) is 0. The molecule has 5 heteroatoms. The summed E-state index contributed by atoms with van der Waals surface area (Å²) >= 11 is 9.14. The summed E-state index contributed by atoms with van der Waals surface area (Å²) in [6.07, 6.45) is 0. The van der Waals surface area contributed by atoms with Crippen molar-refractivity contribution < 1.29 is 9.63 Å². The highest BCUT2D eigenvalue weighted by Crippen LogP contribution is 2.32.